The molecule has 1 aliphatic carbocycles. The highest BCUT2D eigenvalue weighted by atomic mass is 16.1. The molecule has 3 heteroatoms. The molecule has 1 N–H and O–H groups in total. The number of aromatic nitrogens is 2. The first kappa shape index (κ1) is 8.48. The van der Waals surface area contributed by atoms with Gasteiger partial charge in [0.1, 0.15) is 6.29 Å². The van der Waals surface area contributed by atoms with Crippen LogP contribution in [-0.2, 0) is 17.6 Å². The smallest absolute Gasteiger partial charge is 0.128 e. The minimum Gasteiger partial charge on any atom is -0.303 e. The molecule has 1 aliphatic rings. The van der Waals surface area contributed by atoms with Crippen LogP contribution in [0.15, 0.2) is 0 Å². The lowest BCUT2D eigenvalue weighted by Crippen LogP contribution is -2.05. The maximum atomic E-state index is 10.6. The van der Waals surface area contributed by atoms with E-state index in [0.29, 0.717) is 0 Å². The Hall–Kier alpha value is -1.12. The first-order valence-electron chi connectivity index (χ1n) is 4.84. The van der Waals surface area contributed by atoms with Gasteiger partial charge in [-0.25, -0.2) is 0 Å². The van der Waals surface area contributed by atoms with Crippen molar-refractivity contribution < 1.29 is 4.79 Å². The van der Waals surface area contributed by atoms with Crippen molar-refractivity contribution in [3.05, 3.63) is 17.0 Å². The van der Waals surface area contributed by atoms with Gasteiger partial charge in [0.05, 0.1) is 11.6 Å². The van der Waals surface area contributed by atoms with Gasteiger partial charge in [0.2, 0.25) is 0 Å². The van der Waals surface area contributed by atoms with Crippen molar-refractivity contribution in [3.8, 4) is 0 Å². The zero-order chi connectivity index (χ0) is 9.26. The van der Waals surface area contributed by atoms with E-state index in [1.807, 2.05) is 6.92 Å². The third-order valence-corrected chi connectivity index (χ3v) is 2.72. The zero-order valence-corrected chi connectivity index (χ0v) is 7.84. The fourth-order valence-corrected chi connectivity index (χ4v) is 1.95. The lowest BCUT2D eigenvalue weighted by atomic mass is 9.92. The van der Waals surface area contributed by atoms with Crippen LogP contribution < -0.4 is 0 Å². The average Bonchev–Trinajstić information content (AvgIpc) is 2.60. The Bertz CT molecular complexity index is 317. The largest absolute Gasteiger partial charge is 0.303 e. The number of hydrogen-bond acceptors (Lipinski definition) is 2. The highest BCUT2D eigenvalue weighted by Crippen LogP contribution is 2.25. The molecular weight excluding hydrogens is 164 g/mol. The molecule has 1 aromatic rings. The van der Waals surface area contributed by atoms with Gasteiger partial charge < -0.3 is 4.79 Å². The molecule has 1 atom stereocenters. The molecule has 0 radical (unpaired) electrons. The number of fused-ring (bicyclic) bond motifs is 1. The van der Waals surface area contributed by atoms with Gasteiger partial charge in [-0.1, -0.05) is 6.92 Å². The zero-order valence-electron chi connectivity index (χ0n) is 7.84. The van der Waals surface area contributed by atoms with Gasteiger partial charge in [0.25, 0.3) is 0 Å². The van der Waals surface area contributed by atoms with Gasteiger partial charge in [0.15, 0.2) is 0 Å². The number of nitrogens with zero attached hydrogens (tertiary/aromatic N) is 1. The molecule has 13 heavy (non-hydrogen) atoms. The van der Waals surface area contributed by atoms with E-state index in [1.54, 1.807) is 0 Å². The van der Waals surface area contributed by atoms with E-state index in [0.717, 1.165) is 24.8 Å². The third-order valence-electron chi connectivity index (χ3n) is 2.72. The number of carbonyl (C=O) groups is 1. The van der Waals surface area contributed by atoms with E-state index >= 15 is 0 Å². The standard InChI is InChI=1S/C10H14N2O/c1-7(6-13)10-8-4-2-3-5-9(8)11-12-10/h6-7H,2-5H2,1H3,(H,11,12). The third kappa shape index (κ3) is 1.39. The molecule has 2 rings (SSSR count). The molecule has 0 bridgehead atoms. The molecule has 0 saturated carbocycles. The van der Waals surface area contributed by atoms with E-state index in [1.165, 1.54) is 24.1 Å². The summed E-state index contributed by atoms with van der Waals surface area (Å²) in [5.74, 6) is -0.0573. The van der Waals surface area contributed by atoms with Crippen LogP contribution in [0.2, 0.25) is 0 Å². The second-order valence-corrected chi connectivity index (χ2v) is 3.70. The fourth-order valence-electron chi connectivity index (χ4n) is 1.95. The Balaban J connectivity index is 2.36. The second kappa shape index (κ2) is 3.32. The van der Waals surface area contributed by atoms with Crippen molar-refractivity contribution >= 4 is 6.29 Å². The van der Waals surface area contributed by atoms with Gasteiger partial charge in [0, 0.05) is 5.69 Å². The Morgan fingerprint density at radius 1 is 1.46 bits per heavy atom. The first-order chi connectivity index (χ1) is 6.33. The summed E-state index contributed by atoms with van der Waals surface area (Å²) >= 11 is 0. The minimum absolute atomic E-state index is 0.0573. The average molecular weight is 178 g/mol. The predicted molar refractivity (Wildman–Crippen MR) is 49.7 cm³/mol. The molecular formula is C10H14N2O. The summed E-state index contributed by atoms with van der Waals surface area (Å²) in [6.45, 7) is 1.90. The van der Waals surface area contributed by atoms with Crippen LogP contribution in [0.1, 0.15) is 42.6 Å². The van der Waals surface area contributed by atoms with E-state index in [-0.39, 0.29) is 5.92 Å². The first-order valence-corrected chi connectivity index (χ1v) is 4.84. The number of nitrogens with one attached hydrogen (secondary N) is 1. The van der Waals surface area contributed by atoms with Crippen molar-refractivity contribution in [3.63, 3.8) is 0 Å². The van der Waals surface area contributed by atoms with Crippen LogP contribution in [-0.4, -0.2) is 16.5 Å². The molecule has 1 aromatic heterocycles. The summed E-state index contributed by atoms with van der Waals surface area (Å²) in [5, 5.41) is 7.24. The van der Waals surface area contributed by atoms with Gasteiger partial charge in [-0.2, -0.15) is 5.10 Å². The van der Waals surface area contributed by atoms with E-state index in [9.17, 15) is 4.79 Å². The molecule has 70 valence electrons. The molecule has 0 fully saturated rings. The molecule has 1 heterocycles. The molecule has 3 nitrogen and oxygen atoms in total. The molecule has 0 amide bonds. The van der Waals surface area contributed by atoms with Crippen molar-refractivity contribution in [2.75, 3.05) is 0 Å². The van der Waals surface area contributed by atoms with Crippen LogP contribution >= 0.6 is 0 Å². The minimum atomic E-state index is -0.0573. The van der Waals surface area contributed by atoms with Gasteiger partial charge >= 0.3 is 0 Å². The Morgan fingerprint density at radius 3 is 3.00 bits per heavy atom. The van der Waals surface area contributed by atoms with Crippen molar-refractivity contribution in [1.29, 1.82) is 0 Å². The normalized spacial score (nSPS) is 17.9. The Morgan fingerprint density at radius 2 is 2.23 bits per heavy atom. The number of aromatic amines is 1. The Kier molecular flexibility index (Phi) is 2.17. The van der Waals surface area contributed by atoms with Crippen molar-refractivity contribution in [2.45, 2.75) is 38.5 Å². The summed E-state index contributed by atoms with van der Waals surface area (Å²) in [7, 11) is 0. The number of hydrogen-bond donors (Lipinski definition) is 1. The summed E-state index contributed by atoms with van der Waals surface area (Å²) in [6, 6.07) is 0. The van der Waals surface area contributed by atoms with Crippen molar-refractivity contribution in [1.82, 2.24) is 10.2 Å². The number of aldehydes is 1. The van der Waals surface area contributed by atoms with Crippen LogP contribution in [0.25, 0.3) is 0 Å². The topological polar surface area (TPSA) is 45.8 Å². The molecule has 1 unspecified atom stereocenters. The van der Waals surface area contributed by atoms with Crippen LogP contribution in [0.3, 0.4) is 0 Å². The summed E-state index contributed by atoms with van der Waals surface area (Å²) in [5.41, 5.74) is 3.51. The predicted octanol–water partition coefficient (Wildman–Crippen LogP) is 1.59. The Labute approximate surface area is 77.5 Å². The van der Waals surface area contributed by atoms with Crippen LogP contribution in [0.4, 0.5) is 0 Å². The lowest BCUT2D eigenvalue weighted by Gasteiger charge is -2.11. The summed E-state index contributed by atoms with van der Waals surface area (Å²) < 4.78 is 0. The van der Waals surface area contributed by atoms with E-state index in [2.05, 4.69) is 10.2 Å². The monoisotopic (exact) mass is 178 g/mol. The molecule has 0 saturated heterocycles. The maximum absolute atomic E-state index is 10.6. The van der Waals surface area contributed by atoms with Crippen LogP contribution in [0.5, 0.6) is 0 Å². The quantitative estimate of drug-likeness (QED) is 0.699. The number of carbonyl (C=O) groups excluding carboxylic acids is 1. The van der Waals surface area contributed by atoms with Crippen molar-refractivity contribution in [2.24, 2.45) is 0 Å². The highest BCUT2D eigenvalue weighted by Gasteiger charge is 2.19. The summed E-state index contributed by atoms with van der Waals surface area (Å²) in [4.78, 5) is 10.6. The number of aryl methyl sites for hydroxylation is 1. The number of rotatable bonds is 2. The molecule has 0 aromatic carbocycles. The highest BCUT2D eigenvalue weighted by molar-refractivity contribution is 5.61. The molecule has 0 spiro atoms. The second-order valence-electron chi connectivity index (χ2n) is 3.70. The lowest BCUT2D eigenvalue weighted by molar-refractivity contribution is -0.108. The summed E-state index contributed by atoms with van der Waals surface area (Å²) in [6.07, 6.45) is 5.60. The van der Waals surface area contributed by atoms with Gasteiger partial charge in [-0.05, 0) is 31.2 Å². The van der Waals surface area contributed by atoms with Gasteiger partial charge in [-0.3, -0.25) is 5.10 Å². The van der Waals surface area contributed by atoms with Crippen LogP contribution in [0, 0.1) is 0 Å². The van der Waals surface area contributed by atoms with E-state index < -0.39 is 0 Å². The fraction of sp³-hybridized carbons (Fsp3) is 0.600. The maximum Gasteiger partial charge on any atom is 0.128 e. The SMILES string of the molecule is CC(C=O)c1n[nH]c2c1CCCC2. The molecule has 0 aliphatic heterocycles. The number of H-pyrrole nitrogens is 1. The van der Waals surface area contributed by atoms with Gasteiger partial charge in [-0.15, -0.1) is 0 Å². The van der Waals surface area contributed by atoms with E-state index in [4.69, 9.17) is 0 Å².